The Hall–Kier alpha value is -1.97. The molecule has 0 atom stereocenters. The summed E-state index contributed by atoms with van der Waals surface area (Å²) < 4.78 is 10.6. The highest BCUT2D eigenvalue weighted by molar-refractivity contribution is 6.14. The molecule has 1 rings (SSSR count). The van der Waals surface area contributed by atoms with Crippen LogP contribution in [0, 0.1) is 0 Å². The number of hydrogen-bond acceptors (Lipinski definition) is 3. The van der Waals surface area contributed by atoms with Gasteiger partial charge in [-0.3, -0.25) is 0 Å². The second kappa shape index (κ2) is 5.58. The van der Waals surface area contributed by atoms with E-state index in [4.69, 9.17) is 14.6 Å². The average Bonchev–Trinajstić information content (AvgIpc) is 2.35. The molecular formula is C14H18O4. The summed E-state index contributed by atoms with van der Waals surface area (Å²) >= 11 is 0. The second-order valence-electron chi connectivity index (χ2n) is 4.23. The van der Waals surface area contributed by atoms with Gasteiger partial charge in [-0.25, -0.2) is 4.79 Å². The van der Waals surface area contributed by atoms with Gasteiger partial charge < -0.3 is 14.6 Å². The Kier molecular flexibility index (Phi) is 4.37. The van der Waals surface area contributed by atoms with Crippen LogP contribution in [0.15, 0.2) is 18.7 Å². The Morgan fingerprint density at radius 1 is 1.22 bits per heavy atom. The van der Waals surface area contributed by atoms with E-state index in [0.29, 0.717) is 17.1 Å². The standard InChI is InChI=1S/C14H18O4/c1-8(2)13-11(17-4)6-10(7-12(13)18-5)9(3)14(15)16/h6-8H,3H2,1-2,4-5H3,(H,15,16). The third-order valence-electron chi connectivity index (χ3n) is 2.73. The molecule has 0 bridgehead atoms. The fourth-order valence-corrected chi connectivity index (χ4v) is 1.81. The lowest BCUT2D eigenvalue weighted by Gasteiger charge is -2.17. The van der Waals surface area contributed by atoms with Gasteiger partial charge in [-0.15, -0.1) is 0 Å². The fraction of sp³-hybridized carbons (Fsp3) is 0.357. The van der Waals surface area contributed by atoms with Crippen LogP contribution in [-0.2, 0) is 4.79 Å². The normalized spacial score (nSPS) is 10.3. The molecule has 0 saturated heterocycles. The van der Waals surface area contributed by atoms with Gasteiger partial charge in [0, 0.05) is 5.56 Å². The number of aliphatic carboxylic acids is 1. The van der Waals surface area contributed by atoms with Crippen molar-refractivity contribution in [2.45, 2.75) is 19.8 Å². The largest absolute Gasteiger partial charge is 0.496 e. The van der Waals surface area contributed by atoms with Gasteiger partial charge in [-0.1, -0.05) is 20.4 Å². The minimum Gasteiger partial charge on any atom is -0.496 e. The van der Waals surface area contributed by atoms with Gasteiger partial charge in [0.25, 0.3) is 0 Å². The number of ether oxygens (including phenoxy) is 2. The zero-order valence-electron chi connectivity index (χ0n) is 11.1. The Morgan fingerprint density at radius 2 is 1.67 bits per heavy atom. The van der Waals surface area contributed by atoms with E-state index in [1.807, 2.05) is 13.8 Å². The van der Waals surface area contributed by atoms with Crippen LogP contribution < -0.4 is 9.47 Å². The Bertz CT molecular complexity index is 450. The quantitative estimate of drug-likeness (QED) is 0.816. The van der Waals surface area contributed by atoms with Crippen molar-refractivity contribution in [3.05, 3.63) is 29.8 Å². The van der Waals surface area contributed by atoms with Crippen molar-refractivity contribution < 1.29 is 19.4 Å². The van der Waals surface area contributed by atoms with E-state index in [2.05, 4.69) is 6.58 Å². The molecule has 0 saturated carbocycles. The van der Waals surface area contributed by atoms with Crippen LogP contribution in [-0.4, -0.2) is 25.3 Å². The number of carbonyl (C=O) groups is 1. The minimum atomic E-state index is -1.06. The molecule has 0 radical (unpaired) electrons. The van der Waals surface area contributed by atoms with E-state index in [1.165, 1.54) is 0 Å². The predicted octanol–water partition coefficient (Wildman–Crippen LogP) is 2.93. The third kappa shape index (κ3) is 2.64. The van der Waals surface area contributed by atoms with E-state index in [-0.39, 0.29) is 11.5 Å². The molecule has 0 heterocycles. The van der Waals surface area contributed by atoms with Crippen molar-refractivity contribution in [1.82, 2.24) is 0 Å². The molecule has 0 aliphatic carbocycles. The summed E-state index contributed by atoms with van der Waals surface area (Å²) in [5.74, 6) is 0.377. The summed E-state index contributed by atoms with van der Waals surface area (Å²) in [6.07, 6.45) is 0. The summed E-state index contributed by atoms with van der Waals surface area (Å²) in [7, 11) is 3.10. The molecule has 0 spiro atoms. The molecular weight excluding hydrogens is 232 g/mol. The van der Waals surface area contributed by atoms with Crippen LogP contribution in [0.5, 0.6) is 11.5 Å². The molecule has 4 nitrogen and oxygen atoms in total. The summed E-state index contributed by atoms with van der Waals surface area (Å²) in [6.45, 7) is 7.58. The Morgan fingerprint density at radius 3 is 1.94 bits per heavy atom. The molecule has 0 fully saturated rings. The molecule has 98 valence electrons. The molecule has 0 aliphatic rings. The number of carboxylic acid groups (broad SMARTS) is 1. The van der Waals surface area contributed by atoms with Crippen molar-refractivity contribution >= 4 is 11.5 Å². The number of hydrogen-bond donors (Lipinski definition) is 1. The zero-order valence-corrected chi connectivity index (χ0v) is 11.1. The maximum Gasteiger partial charge on any atom is 0.335 e. The fourth-order valence-electron chi connectivity index (χ4n) is 1.81. The maximum atomic E-state index is 10.9. The lowest BCUT2D eigenvalue weighted by Crippen LogP contribution is -2.03. The second-order valence-corrected chi connectivity index (χ2v) is 4.23. The SMILES string of the molecule is C=C(C(=O)O)c1cc(OC)c(C(C)C)c(OC)c1. The van der Waals surface area contributed by atoms with Gasteiger partial charge in [-0.05, 0) is 23.6 Å². The average molecular weight is 250 g/mol. The maximum absolute atomic E-state index is 10.9. The molecule has 1 aromatic rings. The van der Waals surface area contributed by atoms with Crippen molar-refractivity contribution in [1.29, 1.82) is 0 Å². The molecule has 4 heteroatoms. The van der Waals surface area contributed by atoms with E-state index in [0.717, 1.165) is 5.56 Å². The van der Waals surface area contributed by atoms with E-state index in [1.54, 1.807) is 26.4 Å². The predicted molar refractivity (Wildman–Crippen MR) is 70.3 cm³/mol. The van der Waals surface area contributed by atoms with Gasteiger partial charge in [0.15, 0.2) is 0 Å². The van der Waals surface area contributed by atoms with Gasteiger partial charge in [0.2, 0.25) is 0 Å². The summed E-state index contributed by atoms with van der Waals surface area (Å²) in [5, 5.41) is 8.96. The highest BCUT2D eigenvalue weighted by Gasteiger charge is 2.18. The van der Waals surface area contributed by atoms with Gasteiger partial charge >= 0.3 is 5.97 Å². The number of methoxy groups -OCH3 is 2. The lowest BCUT2D eigenvalue weighted by molar-refractivity contribution is -0.130. The van der Waals surface area contributed by atoms with Crippen LogP contribution >= 0.6 is 0 Å². The molecule has 0 aliphatic heterocycles. The highest BCUT2D eigenvalue weighted by atomic mass is 16.5. The molecule has 1 aromatic carbocycles. The topological polar surface area (TPSA) is 55.8 Å². The van der Waals surface area contributed by atoms with Crippen molar-refractivity contribution in [3.8, 4) is 11.5 Å². The van der Waals surface area contributed by atoms with Gasteiger partial charge in [0.1, 0.15) is 11.5 Å². The first-order chi connectivity index (χ1) is 8.42. The first kappa shape index (κ1) is 14.1. The Balaban J connectivity index is 3.44. The van der Waals surface area contributed by atoms with Crippen LogP contribution in [0.2, 0.25) is 0 Å². The van der Waals surface area contributed by atoms with Crippen molar-refractivity contribution in [2.75, 3.05) is 14.2 Å². The molecule has 18 heavy (non-hydrogen) atoms. The van der Waals surface area contributed by atoms with E-state index < -0.39 is 5.97 Å². The van der Waals surface area contributed by atoms with Crippen LogP contribution in [0.1, 0.15) is 30.9 Å². The monoisotopic (exact) mass is 250 g/mol. The number of carboxylic acids is 1. The smallest absolute Gasteiger partial charge is 0.335 e. The van der Waals surface area contributed by atoms with Gasteiger partial charge in [-0.2, -0.15) is 0 Å². The van der Waals surface area contributed by atoms with Crippen molar-refractivity contribution in [3.63, 3.8) is 0 Å². The van der Waals surface area contributed by atoms with E-state index >= 15 is 0 Å². The molecule has 0 unspecified atom stereocenters. The molecule has 1 N–H and O–H groups in total. The Labute approximate surface area is 107 Å². The zero-order chi connectivity index (χ0) is 13.9. The lowest BCUT2D eigenvalue weighted by atomic mass is 9.96. The van der Waals surface area contributed by atoms with E-state index in [9.17, 15) is 4.79 Å². The summed E-state index contributed by atoms with van der Waals surface area (Å²) in [4.78, 5) is 10.9. The first-order valence-electron chi connectivity index (χ1n) is 5.60. The van der Waals surface area contributed by atoms with Gasteiger partial charge in [0.05, 0.1) is 19.8 Å². The number of rotatable bonds is 5. The molecule has 0 aromatic heterocycles. The summed E-state index contributed by atoms with van der Waals surface area (Å²) in [5.41, 5.74) is 1.42. The van der Waals surface area contributed by atoms with Crippen LogP contribution in [0.4, 0.5) is 0 Å². The number of benzene rings is 1. The first-order valence-corrected chi connectivity index (χ1v) is 5.60. The minimum absolute atomic E-state index is 0.0157. The van der Waals surface area contributed by atoms with Crippen LogP contribution in [0.25, 0.3) is 5.57 Å². The molecule has 0 amide bonds. The van der Waals surface area contributed by atoms with Crippen molar-refractivity contribution in [2.24, 2.45) is 0 Å². The highest BCUT2D eigenvalue weighted by Crippen LogP contribution is 2.37. The third-order valence-corrected chi connectivity index (χ3v) is 2.73. The summed E-state index contributed by atoms with van der Waals surface area (Å²) in [6, 6.07) is 3.35. The van der Waals surface area contributed by atoms with Crippen LogP contribution in [0.3, 0.4) is 0 Å².